The van der Waals surface area contributed by atoms with Crippen LogP contribution in [0.15, 0.2) is 21.7 Å². The molecule has 0 fully saturated rings. The average molecular weight is 196 g/mol. The van der Waals surface area contributed by atoms with E-state index in [2.05, 4.69) is 5.10 Å². The second kappa shape index (κ2) is 4.55. The summed E-state index contributed by atoms with van der Waals surface area (Å²) in [7, 11) is 0. The Morgan fingerprint density at radius 3 is 2.79 bits per heavy atom. The summed E-state index contributed by atoms with van der Waals surface area (Å²) in [6.45, 7) is 1.87. The number of aromatic amines is 1. The summed E-state index contributed by atoms with van der Waals surface area (Å²) in [4.78, 5) is 32.6. The van der Waals surface area contributed by atoms with Gasteiger partial charge < -0.3 is 4.79 Å². The second-order valence-electron chi connectivity index (χ2n) is 3.10. The lowest BCUT2D eigenvalue weighted by atomic mass is 10.2. The molecule has 14 heavy (non-hydrogen) atoms. The first-order valence-corrected chi connectivity index (χ1v) is 4.39. The van der Waals surface area contributed by atoms with Gasteiger partial charge in [-0.15, -0.1) is 0 Å². The highest BCUT2D eigenvalue weighted by Crippen LogP contribution is 1.91. The third kappa shape index (κ3) is 3.01. The molecule has 0 spiro atoms. The minimum absolute atomic E-state index is 0.0799. The zero-order chi connectivity index (χ0) is 10.6. The molecule has 1 aromatic heterocycles. The maximum absolute atomic E-state index is 11.2. The number of hydrogen-bond donors (Lipinski definition) is 1. The summed E-state index contributed by atoms with van der Waals surface area (Å²) in [5.41, 5.74) is -0.569. The number of aryl methyl sites for hydroxylation is 1. The number of H-pyrrole nitrogens is 1. The lowest BCUT2D eigenvalue weighted by Crippen LogP contribution is -2.28. The van der Waals surface area contributed by atoms with Crippen LogP contribution >= 0.6 is 0 Å². The van der Waals surface area contributed by atoms with Crippen molar-refractivity contribution in [1.29, 1.82) is 0 Å². The maximum Gasteiger partial charge on any atom is 0.265 e. The Kier molecular flexibility index (Phi) is 3.39. The third-order valence-electron chi connectivity index (χ3n) is 1.80. The van der Waals surface area contributed by atoms with Crippen molar-refractivity contribution in [1.82, 2.24) is 9.78 Å². The number of carbonyl (C=O) groups excluding carboxylic acids is 1. The fraction of sp³-hybridized carbons (Fsp3) is 0.444. The van der Waals surface area contributed by atoms with E-state index in [1.807, 2.05) is 0 Å². The molecule has 0 saturated carbocycles. The van der Waals surface area contributed by atoms with Gasteiger partial charge in [0.1, 0.15) is 5.78 Å². The Morgan fingerprint density at radius 1 is 1.43 bits per heavy atom. The van der Waals surface area contributed by atoms with Gasteiger partial charge in [-0.05, 0) is 13.3 Å². The first-order chi connectivity index (χ1) is 6.59. The van der Waals surface area contributed by atoms with Crippen molar-refractivity contribution in [2.24, 2.45) is 0 Å². The fourth-order valence-corrected chi connectivity index (χ4v) is 1.11. The van der Waals surface area contributed by atoms with Crippen LogP contribution in [0.5, 0.6) is 0 Å². The number of rotatable bonds is 4. The Bertz CT molecular complexity index is 430. The molecule has 0 aromatic carbocycles. The Balaban J connectivity index is 2.67. The topological polar surface area (TPSA) is 71.9 Å². The van der Waals surface area contributed by atoms with E-state index in [0.717, 1.165) is 0 Å². The summed E-state index contributed by atoms with van der Waals surface area (Å²) in [5.74, 6) is 0.0799. The van der Waals surface area contributed by atoms with Gasteiger partial charge >= 0.3 is 0 Å². The van der Waals surface area contributed by atoms with E-state index in [1.54, 1.807) is 0 Å². The predicted molar refractivity (Wildman–Crippen MR) is 51.2 cm³/mol. The standard InChI is InChI=1S/C9H12N2O3/c1-7(12)3-2-6-11-9(14)5-4-8(13)10-11/h4-5H,2-3,6H2,1H3,(H,10,13). The summed E-state index contributed by atoms with van der Waals surface area (Å²) < 4.78 is 1.21. The van der Waals surface area contributed by atoms with Crippen molar-refractivity contribution in [2.75, 3.05) is 0 Å². The van der Waals surface area contributed by atoms with E-state index < -0.39 is 0 Å². The molecule has 0 aliphatic heterocycles. The molecule has 0 radical (unpaired) electrons. The molecule has 5 nitrogen and oxygen atoms in total. The quantitative estimate of drug-likeness (QED) is 0.731. The molecule has 0 unspecified atom stereocenters. The van der Waals surface area contributed by atoms with E-state index in [-0.39, 0.29) is 16.9 Å². The highest BCUT2D eigenvalue weighted by Gasteiger charge is 1.97. The van der Waals surface area contributed by atoms with Crippen LogP contribution in [-0.2, 0) is 11.3 Å². The minimum atomic E-state index is -0.313. The number of aromatic nitrogens is 2. The molecule has 0 atom stereocenters. The highest BCUT2D eigenvalue weighted by atomic mass is 16.2. The van der Waals surface area contributed by atoms with Gasteiger partial charge in [-0.3, -0.25) is 19.4 Å². The Labute approximate surface area is 80.4 Å². The third-order valence-corrected chi connectivity index (χ3v) is 1.80. The monoisotopic (exact) mass is 196 g/mol. The van der Waals surface area contributed by atoms with Crippen molar-refractivity contribution < 1.29 is 4.79 Å². The van der Waals surface area contributed by atoms with Crippen LogP contribution in [0.4, 0.5) is 0 Å². The molecule has 0 saturated heterocycles. The SMILES string of the molecule is CC(=O)CCCn1[nH]c(=O)ccc1=O. The lowest BCUT2D eigenvalue weighted by Gasteiger charge is -2.02. The Hall–Kier alpha value is -1.65. The molecule has 0 aliphatic rings. The smallest absolute Gasteiger partial charge is 0.265 e. The zero-order valence-corrected chi connectivity index (χ0v) is 7.95. The molecule has 5 heteroatoms. The van der Waals surface area contributed by atoms with E-state index in [4.69, 9.17) is 0 Å². The second-order valence-corrected chi connectivity index (χ2v) is 3.10. The molecule has 1 rings (SSSR count). The van der Waals surface area contributed by atoms with Crippen LogP contribution in [0.3, 0.4) is 0 Å². The van der Waals surface area contributed by atoms with Gasteiger partial charge in [-0.1, -0.05) is 0 Å². The minimum Gasteiger partial charge on any atom is -0.300 e. The van der Waals surface area contributed by atoms with Crippen LogP contribution in [0.25, 0.3) is 0 Å². The summed E-state index contributed by atoms with van der Waals surface area (Å²) >= 11 is 0. The van der Waals surface area contributed by atoms with Gasteiger partial charge in [0, 0.05) is 25.1 Å². The zero-order valence-electron chi connectivity index (χ0n) is 7.95. The highest BCUT2D eigenvalue weighted by molar-refractivity contribution is 5.75. The van der Waals surface area contributed by atoms with E-state index in [9.17, 15) is 14.4 Å². The van der Waals surface area contributed by atoms with Gasteiger partial charge in [0.05, 0.1) is 0 Å². The molecule has 76 valence electrons. The van der Waals surface area contributed by atoms with Gasteiger partial charge in [-0.25, -0.2) is 0 Å². The van der Waals surface area contributed by atoms with Crippen molar-refractivity contribution in [3.63, 3.8) is 0 Å². The van der Waals surface area contributed by atoms with Crippen LogP contribution in [0, 0.1) is 0 Å². The molecule has 1 heterocycles. The Morgan fingerprint density at radius 2 is 2.14 bits per heavy atom. The number of ketones is 1. The normalized spacial score (nSPS) is 10.1. The number of nitrogens with zero attached hydrogens (tertiary/aromatic N) is 1. The molecular formula is C9H12N2O3. The van der Waals surface area contributed by atoms with Crippen molar-refractivity contribution >= 4 is 5.78 Å². The van der Waals surface area contributed by atoms with Gasteiger partial charge in [0.2, 0.25) is 0 Å². The summed E-state index contributed by atoms with van der Waals surface area (Å²) in [5, 5.41) is 2.39. The average Bonchev–Trinajstić information content (AvgIpc) is 2.10. The van der Waals surface area contributed by atoms with Crippen LogP contribution < -0.4 is 11.1 Å². The number of Topliss-reactive ketones (excluding diaryl/α,β-unsaturated/α-hetero) is 1. The first-order valence-electron chi connectivity index (χ1n) is 4.39. The number of hydrogen-bond acceptors (Lipinski definition) is 3. The lowest BCUT2D eigenvalue weighted by molar-refractivity contribution is -0.117. The predicted octanol–water partition coefficient (Wildman–Crippen LogP) is -0.0942. The van der Waals surface area contributed by atoms with Gasteiger partial charge in [0.15, 0.2) is 0 Å². The van der Waals surface area contributed by atoms with E-state index in [0.29, 0.717) is 19.4 Å². The van der Waals surface area contributed by atoms with Crippen LogP contribution in [0.2, 0.25) is 0 Å². The molecular weight excluding hydrogens is 184 g/mol. The van der Waals surface area contributed by atoms with Crippen LogP contribution in [-0.4, -0.2) is 15.6 Å². The molecule has 0 aliphatic carbocycles. The first kappa shape index (κ1) is 10.4. The maximum atomic E-state index is 11.2. The molecule has 0 bridgehead atoms. The molecule has 0 amide bonds. The largest absolute Gasteiger partial charge is 0.300 e. The van der Waals surface area contributed by atoms with Gasteiger partial charge in [0.25, 0.3) is 11.1 Å². The van der Waals surface area contributed by atoms with E-state index >= 15 is 0 Å². The van der Waals surface area contributed by atoms with Gasteiger partial charge in [-0.2, -0.15) is 0 Å². The molecule has 1 aromatic rings. The van der Waals surface area contributed by atoms with Crippen molar-refractivity contribution in [2.45, 2.75) is 26.3 Å². The van der Waals surface area contributed by atoms with Crippen molar-refractivity contribution in [3.8, 4) is 0 Å². The van der Waals surface area contributed by atoms with Crippen LogP contribution in [0.1, 0.15) is 19.8 Å². The van der Waals surface area contributed by atoms with Crippen molar-refractivity contribution in [3.05, 3.63) is 32.8 Å². The fourth-order valence-electron chi connectivity index (χ4n) is 1.11. The van der Waals surface area contributed by atoms with E-state index in [1.165, 1.54) is 23.7 Å². The number of nitrogens with one attached hydrogen (secondary N) is 1. The summed E-state index contributed by atoms with van der Waals surface area (Å²) in [6, 6.07) is 2.40. The summed E-state index contributed by atoms with van der Waals surface area (Å²) in [6.07, 6.45) is 0.985. The molecule has 1 N–H and O–H groups in total. The number of carbonyl (C=O) groups is 1.